The lowest BCUT2D eigenvalue weighted by atomic mass is 9.89. The molecule has 0 unspecified atom stereocenters. The molecule has 4 heteroatoms. The zero-order valence-corrected chi connectivity index (χ0v) is 31.4. The van der Waals surface area contributed by atoms with Gasteiger partial charge in [-0.1, -0.05) is 133 Å². The predicted octanol–water partition coefficient (Wildman–Crippen LogP) is 13.9. The first-order valence-corrected chi connectivity index (χ1v) is 19.5. The van der Waals surface area contributed by atoms with Gasteiger partial charge in [0.2, 0.25) is 0 Å². The monoisotopic (exact) mass is 738 g/mol. The van der Waals surface area contributed by atoms with Crippen molar-refractivity contribution in [3.05, 3.63) is 207 Å². The van der Waals surface area contributed by atoms with Crippen LogP contribution < -0.4 is 0 Å². The number of rotatable bonds is 6. The summed E-state index contributed by atoms with van der Waals surface area (Å²) in [7, 11) is 0. The maximum atomic E-state index is 5.43. The van der Waals surface area contributed by atoms with Crippen LogP contribution in [0, 0.1) is 0 Å². The second-order valence-electron chi connectivity index (χ2n) is 14.7. The van der Waals surface area contributed by atoms with E-state index in [0.29, 0.717) is 0 Å². The highest BCUT2D eigenvalue weighted by atomic mass is 14.7. The number of nitrogens with zero attached hydrogens (tertiary/aromatic N) is 4. The highest BCUT2D eigenvalue weighted by Gasteiger charge is 2.18. The second kappa shape index (κ2) is 14.0. The number of hydrogen-bond donors (Lipinski definition) is 0. The van der Waals surface area contributed by atoms with Crippen molar-refractivity contribution in [3.63, 3.8) is 0 Å². The van der Waals surface area contributed by atoms with Gasteiger partial charge in [-0.15, -0.1) is 0 Å². The maximum Gasteiger partial charge on any atom is 0.0794 e. The molecule has 0 radical (unpaired) electrons. The molecule has 11 aromatic rings. The van der Waals surface area contributed by atoms with Crippen LogP contribution in [0.15, 0.2) is 207 Å². The van der Waals surface area contributed by atoms with Crippen LogP contribution in [0.1, 0.15) is 0 Å². The Morgan fingerprint density at radius 3 is 1.31 bits per heavy atom. The van der Waals surface area contributed by atoms with Crippen molar-refractivity contribution in [3.8, 4) is 67.2 Å². The Kier molecular flexibility index (Phi) is 8.11. The van der Waals surface area contributed by atoms with Gasteiger partial charge >= 0.3 is 0 Å². The van der Waals surface area contributed by atoms with E-state index in [-0.39, 0.29) is 0 Å². The summed E-state index contributed by atoms with van der Waals surface area (Å²) >= 11 is 0. The number of fused-ring (bicyclic) bond motifs is 8. The smallest absolute Gasteiger partial charge is 0.0794 e. The normalized spacial score (nSPS) is 11.4. The number of benzene rings is 7. The van der Waals surface area contributed by atoms with E-state index in [1.54, 1.807) is 0 Å². The van der Waals surface area contributed by atoms with Gasteiger partial charge in [-0.3, -0.25) is 9.97 Å². The van der Waals surface area contributed by atoms with Gasteiger partial charge in [0.05, 0.1) is 22.6 Å². The molecule has 4 nitrogen and oxygen atoms in total. The van der Waals surface area contributed by atoms with Crippen LogP contribution in [-0.4, -0.2) is 19.9 Å². The van der Waals surface area contributed by atoms with Crippen molar-refractivity contribution in [2.24, 2.45) is 0 Å². The zero-order chi connectivity index (χ0) is 38.4. The van der Waals surface area contributed by atoms with Crippen LogP contribution in [0.3, 0.4) is 0 Å². The Bertz CT molecular complexity index is 3200. The molecule has 0 fully saturated rings. The highest BCUT2D eigenvalue weighted by Crippen LogP contribution is 2.43. The molecule has 0 atom stereocenters. The molecule has 0 spiro atoms. The highest BCUT2D eigenvalue weighted by molar-refractivity contribution is 6.33. The molecule has 0 aliphatic heterocycles. The summed E-state index contributed by atoms with van der Waals surface area (Å²) in [5.74, 6) is 0. The Morgan fingerprint density at radius 1 is 0.259 bits per heavy atom. The minimum absolute atomic E-state index is 0.895. The SMILES string of the molecule is c1cc(-c2cc(-c3ccc(-c4ccncc4)cc3)cc(-c3ccc(-c4ccncc4)cc3)n2)cc(-c2nc3ccccc3c3c4ccccc4c4ccccc4c23)c1. The largest absolute Gasteiger partial charge is 0.265 e. The standard InChI is InChI=1S/C54H34N4/c1-3-12-46-44(10-1)45-11-2-4-13-47(45)53-52(46)48-14-5-6-15-49(48)58-54(53)42-9-7-8-41(32-42)51-34-43(37-18-16-35(17-19-37)38-24-28-55-29-25-38)33-50(57-51)40-22-20-36(21-23-40)39-26-30-56-31-27-39/h1-34H. The minimum atomic E-state index is 0.895. The van der Waals surface area contributed by atoms with Gasteiger partial charge in [0.15, 0.2) is 0 Å². The Hall–Kier alpha value is -7.82. The summed E-state index contributed by atoms with van der Waals surface area (Å²) in [4.78, 5) is 19.2. The molecule has 0 amide bonds. The van der Waals surface area contributed by atoms with Crippen molar-refractivity contribution in [1.82, 2.24) is 19.9 Å². The summed E-state index contributed by atoms with van der Waals surface area (Å²) in [5.41, 5.74) is 13.6. The van der Waals surface area contributed by atoms with E-state index >= 15 is 0 Å². The molecule has 7 aromatic carbocycles. The van der Waals surface area contributed by atoms with E-state index < -0.39 is 0 Å². The lowest BCUT2D eigenvalue weighted by Crippen LogP contribution is -1.94. The Balaban J connectivity index is 1.10. The van der Waals surface area contributed by atoms with Crippen LogP contribution in [0.2, 0.25) is 0 Å². The fourth-order valence-corrected chi connectivity index (χ4v) is 8.43. The van der Waals surface area contributed by atoms with E-state index in [9.17, 15) is 0 Å². The van der Waals surface area contributed by atoms with Crippen molar-refractivity contribution >= 4 is 43.2 Å². The van der Waals surface area contributed by atoms with E-state index in [1.165, 1.54) is 26.9 Å². The molecular formula is C54H34N4. The lowest BCUT2D eigenvalue weighted by Gasteiger charge is -2.17. The van der Waals surface area contributed by atoms with Gasteiger partial charge in [0.1, 0.15) is 0 Å². The maximum absolute atomic E-state index is 5.43. The van der Waals surface area contributed by atoms with Gasteiger partial charge in [0, 0.05) is 57.6 Å². The summed E-state index contributed by atoms with van der Waals surface area (Å²) in [6, 6.07) is 64.7. The molecule has 0 saturated heterocycles. The predicted molar refractivity (Wildman–Crippen MR) is 240 cm³/mol. The second-order valence-corrected chi connectivity index (χ2v) is 14.7. The van der Waals surface area contributed by atoms with E-state index in [0.717, 1.165) is 83.4 Å². The third-order valence-corrected chi connectivity index (χ3v) is 11.3. The van der Waals surface area contributed by atoms with Gasteiger partial charge in [0.25, 0.3) is 0 Å². The topological polar surface area (TPSA) is 51.6 Å². The van der Waals surface area contributed by atoms with E-state index in [4.69, 9.17) is 9.97 Å². The first-order valence-electron chi connectivity index (χ1n) is 19.5. The molecular weight excluding hydrogens is 705 g/mol. The van der Waals surface area contributed by atoms with Crippen LogP contribution >= 0.6 is 0 Å². The number of pyridine rings is 4. The number of aromatic nitrogens is 4. The molecule has 0 saturated carbocycles. The molecule has 4 heterocycles. The Labute approximate surface area is 335 Å². The average molecular weight is 739 g/mol. The summed E-state index contributed by atoms with van der Waals surface area (Å²) in [6.45, 7) is 0. The molecule has 0 bridgehead atoms. The molecule has 11 rings (SSSR count). The third kappa shape index (κ3) is 5.87. The number of hydrogen-bond acceptors (Lipinski definition) is 4. The lowest BCUT2D eigenvalue weighted by molar-refractivity contribution is 1.32. The molecule has 58 heavy (non-hydrogen) atoms. The molecule has 0 aliphatic rings. The average Bonchev–Trinajstić information content (AvgIpc) is 3.31. The fourth-order valence-electron chi connectivity index (χ4n) is 8.43. The Morgan fingerprint density at radius 2 is 0.707 bits per heavy atom. The quantitative estimate of drug-likeness (QED) is 0.159. The van der Waals surface area contributed by atoms with E-state index in [2.05, 4.69) is 168 Å². The van der Waals surface area contributed by atoms with Crippen LogP contribution in [0.5, 0.6) is 0 Å². The van der Waals surface area contributed by atoms with Gasteiger partial charge < -0.3 is 0 Å². The van der Waals surface area contributed by atoms with Crippen LogP contribution in [0.25, 0.3) is 110 Å². The molecule has 270 valence electrons. The molecule has 4 aromatic heterocycles. The first-order chi connectivity index (χ1) is 28.7. The summed E-state index contributed by atoms with van der Waals surface area (Å²) < 4.78 is 0. The minimum Gasteiger partial charge on any atom is -0.265 e. The summed E-state index contributed by atoms with van der Waals surface area (Å²) in [6.07, 6.45) is 7.32. The van der Waals surface area contributed by atoms with Crippen molar-refractivity contribution in [1.29, 1.82) is 0 Å². The van der Waals surface area contributed by atoms with Gasteiger partial charge in [-0.2, -0.15) is 0 Å². The van der Waals surface area contributed by atoms with E-state index in [1.807, 2.05) is 49.1 Å². The van der Waals surface area contributed by atoms with Gasteiger partial charge in [-0.05, 0) is 103 Å². The zero-order valence-electron chi connectivity index (χ0n) is 31.4. The van der Waals surface area contributed by atoms with Crippen molar-refractivity contribution in [2.45, 2.75) is 0 Å². The van der Waals surface area contributed by atoms with Gasteiger partial charge in [-0.25, -0.2) is 9.97 Å². The van der Waals surface area contributed by atoms with Crippen molar-refractivity contribution < 1.29 is 0 Å². The first kappa shape index (κ1) is 33.5. The van der Waals surface area contributed by atoms with Crippen LogP contribution in [-0.2, 0) is 0 Å². The molecule has 0 N–H and O–H groups in total. The number of para-hydroxylation sites is 1. The summed E-state index contributed by atoms with van der Waals surface area (Å²) in [5, 5.41) is 8.45. The van der Waals surface area contributed by atoms with Crippen molar-refractivity contribution in [2.75, 3.05) is 0 Å². The third-order valence-electron chi connectivity index (χ3n) is 11.3. The van der Waals surface area contributed by atoms with Crippen LogP contribution in [0.4, 0.5) is 0 Å². The fraction of sp³-hybridized carbons (Fsp3) is 0. The molecule has 0 aliphatic carbocycles.